The summed E-state index contributed by atoms with van der Waals surface area (Å²) < 4.78 is 31.6. The Kier molecular flexibility index (Phi) is 8.16. The Morgan fingerprint density at radius 2 is 1.76 bits per heavy atom. The first kappa shape index (κ1) is 23.9. The number of amides is 1. The number of sulfonamides is 1. The zero-order chi connectivity index (χ0) is 23.7. The van der Waals surface area contributed by atoms with Gasteiger partial charge in [-0.15, -0.1) is 0 Å². The van der Waals surface area contributed by atoms with Crippen LogP contribution in [0.15, 0.2) is 64.5 Å². The highest BCUT2D eigenvalue weighted by atomic mass is 32.2. The molecule has 10 heteroatoms. The van der Waals surface area contributed by atoms with Gasteiger partial charge in [-0.1, -0.05) is 36.8 Å². The normalized spacial score (nSPS) is 14.7. The van der Waals surface area contributed by atoms with Gasteiger partial charge in [-0.25, -0.2) is 8.42 Å². The van der Waals surface area contributed by atoms with E-state index in [1.807, 2.05) is 6.07 Å². The van der Waals surface area contributed by atoms with Crippen molar-refractivity contribution in [2.45, 2.75) is 30.6 Å². The van der Waals surface area contributed by atoms with Gasteiger partial charge in [0.25, 0.3) is 15.9 Å². The van der Waals surface area contributed by atoms with E-state index in [2.05, 4.69) is 9.71 Å². The summed E-state index contributed by atoms with van der Waals surface area (Å²) in [7, 11) is -3.55. The van der Waals surface area contributed by atoms with Gasteiger partial charge in [0, 0.05) is 24.2 Å². The van der Waals surface area contributed by atoms with Crippen molar-refractivity contribution in [1.82, 2.24) is 4.72 Å². The average Bonchev–Trinajstić information content (AvgIpc) is 3.08. The Labute approximate surface area is 192 Å². The van der Waals surface area contributed by atoms with Gasteiger partial charge in [-0.05, 0) is 37.1 Å². The second kappa shape index (κ2) is 11.2. The molecule has 33 heavy (non-hydrogen) atoms. The van der Waals surface area contributed by atoms with Crippen molar-refractivity contribution in [2.24, 2.45) is 4.99 Å². The van der Waals surface area contributed by atoms with E-state index in [9.17, 15) is 18.0 Å². The summed E-state index contributed by atoms with van der Waals surface area (Å²) in [6.07, 6.45) is 2.08. The summed E-state index contributed by atoms with van der Waals surface area (Å²) in [5.41, 5.74) is 1.13. The number of nitrogens with one attached hydrogen (secondary N) is 1. The zero-order valence-electron chi connectivity index (χ0n) is 17.9. The summed E-state index contributed by atoms with van der Waals surface area (Å²) in [5, 5.41) is 8.96. The predicted octanol–water partition coefficient (Wildman–Crippen LogP) is 2.39. The van der Waals surface area contributed by atoms with E-state index in [1.54, 1.807) is 48.5 Å². The van der Waals surface area contributed by atoms with E-state index in [4.69, 9.17) is 10.00 Å². The molecule has 3 rings (SSSR count). The van der Waals surface area contributed by atoms with Crippen molar-refractivity contribution in [1.29, 1.82) is 5.26 Å². The first-order valence-corrected chi connectivity index (χ1v) is 12.0. The van der Waals surface area contributed by atoms with Crippen LogP contribution < -0.4 is 9.62 Å². The number of nitriles is 1. The fourth-order valence-electron chi connectivity index (χ4n) is 3.29. The van der Waals surface area contributed by atoms with Gasteiger partial charge in [0.1, 0.15) is 12.4 Å². The van der Waals surface area contributed by atoms with Crippen molar-refractivity contribution in [3.05, 3.63) is 60.2 Å². The van der Waals surface area contributed by atoms with Crippen molar-refractivity contribution in [3.63, 3.8) is 0 Å². The standard InChI is InChI=1S/C23H24N4O5S/c24-14-16-27(18-9-3-1-4-10-18)21(28)17-32-22(29)13-5-2-8-15-25-23-19-11-6-7-12-20(19)33(30,31)26-23/h1,3-4,6-7,9-12H,2,5,8,13,15-17H2,(H,25,26). The second-order valence-electron chi connectivity index (χ2n) is 7.28. The van der Waals surface area contributed by atoms with Crippen LogP contribution in [0, 0.1) is 11.3 Å². The zero-order valence-corrected chi connectivity index (χ0v) is 18.8. The topological polar surface area (TPSA) is 129 Å². The number of rotatable bonds is 10. The first-order chi connectivity index (χ1) is 15.9. The van der Waals surface area contributed by atoms with Crippen LogP contribution in [0.4, 0.5) is 5.69 Å². The van der Waals surface area contributed by atoms with E-state index < -0.39 is 28.5 Å². The lowest BCUT2D eigenvalue weighted by Gasteiger charge is -2.19. The number of hydrogen-bond acceptors (Lipinski definition) is 7. The molecule has 0 saturated carbocycles. The molecule has 1 amide bonds. The maximum absolute atomic E-state index is 12.3. The third-order valence-corrected chi connectivity index (χ3v) is 6.32. The summed E-state index contributed by atoms with van der Waals surface area (Å²) in [6, 6.07) is 17.3. The van der Waals surface area contributed by atoms with E-state index >= 15 is 0 Å². The molecule has 0 spiro atoms. The Morgan fingerprint density at radius 1 is 1.03 bits per heavy atom. The lowest BCUT2D eigenvalue weighted by Crippen LogP contribution is -2.35. The highest BCUT2D eigenvalue weighted by Gasteiger charge is 2.29. The fraction of sp³-hybridized carbons (Fsp3) is 0.304. The van der Waals surface area contributed by atoms with Crippen LogP contribution in [0.3, 0.4) is 0 Å². The molecule has 172 valence electrons. The molecule has 0 saturated heterocycles. The van der Waals surface area contributed by atoms with Gasteiger partial charge >= 0.3 is 5.97 Å². The molecule has 0 bridgehead atoms. The summed E-state index contributed by atoms with van der Waals surface area (Å²) in [5.74, 6) is -0.618. The number of amidine groups is 1. The molecule has 1 N–H and O–H groups in total. The highest BCUT2D eigenvalue weighted by molar-refractivity contribution is 7.90. The first-order valence-electron chi connectivity index (χ1n) is 10.5. The molecule has 0 fully saturated rings. The van der Waals surface area contributed by atoms with E-state index in [0.717, 1.165) is 0 Å². The molecule has 2 aromatic carbocycles. The minimum absolute atomic E-state index is 0.135. The maximum Gasteiger partial charge on any atom is 0.306 e. The van der Waals surface area contributed by atoms with Crippen LogP contribution in [0.25, 0.3) is 0 Å². The number of aliphatic imine (C=N–C) groups is 1. The second-order valence-corrected chi connectivity index (χ2v) is 8.93. The smallest absolute Gasteiger partial charge is 0.306 e. The van der Waals surface area contributed by atoms with Crippen molar-refractivity contribution in [2.75, 3.05) is 24.6 Å². The molecule has 0 unspecified atom stereocenters. The number of benzene rings is 2. The molecule has 1 aliphatic rings. The Hall–Kier alpha value is -3.71. The van der Waals surface area contributed by atoms with E-state index in [1.165, 1.54) is 11.0 Å². The number of fused-ring (bicyclic) bond motifs is 1. The number of ether oxygens (including phenoxy) is 1. The minimum atomic E-state index is -3.55. The van der Waals surface area contributed by atoms with Crippen LogP contribution in [-0.2, 0) is 24.3 Å². The van der Waals surface area contributed by atoms with Crippen molar-refractivity contribution >= 4 is 33.4 Å². The largest absolute Gasteiger partial charge is 0.456 e. The van der Waals surface area contributed by atoms with Crippen LogP contribution in [0.1, 0.15) is 31.2 Å². The Morgan fingerprint density at radius 3 is 2.52 bits per heavy atom. The lowest BCUT2D eigenvalue weighted by atomic mass is 10.2. The quantitative estimate of drug-likeness (QED) is 0.324. The van der Waals surface area contributed by atoms with Gasteiger partial charge in [-0.3, -0.25) is 24.2 Å². The molecular weight excluding hydrogens is 444 g/mol. The maximum atomic E-state index is 12.3. The third kappa shape index (κ3) is 6.40. The number of esters is 1. The fourth-order valence-corrected chi connectivity index (χ4v) is 4.55. The summed E-state index contributed by atoms with van der Waals surface area (Å²) in [6.45, 7) is -0.147. The molecule has 2 aromatic rings. The molecule has 1 heterocycles. The van der Waals surface area contributed by atoms with Crippen LogP contribution in [0.5, 0.6) is 0 Å². The summed E-state index contributed by atoms with van der Waals surface area (Å²) in [4.78, 5) is 30.1. The van der Waals surface area contributed by atoms with Crippen LogP contribution in [-0.4, -0.2) is 45.8 Å². The number of anilines is 1. The molecule has 1 aliphatic heterocycles. The SMILES string of the molecule is N#CCN(C(=O)COC(=O)CCCCCN=C1NS(=O)(=O)c2ccccc21)c1ccccc1. The van der Waals surface area contributed by atoms with Crippen LogP contribution >= 0.6 is 0 Å². The van der Waals surface area contributed by atoms with E-state index in [-0.39, 0.29) is 17.9 Å². The molecule has 9 nitrogen and oxygen atoms in total. The number of nitrogens with zero attached hydrogens (tertiary/aromatic N) is 3. The molecule has 0 aliphatic carbocycles. The highest BCUT2D eigenvalue weighted by Crippen LogP contribution is 2.22. The van der Waals surface area contributed by atoms with Gasteiger partial charge in [0.2, 0.25) is 0 Å². The lowest BCUT2D eigenvalue weighted by molar-refractivity contribution is -0.147. The average molecular weight is 469 g/mol. The Balaban J connectivity index is 1.37. The van der Waals surface area contributed by atoms with Gasteiger partial charge < -0.3 is 4.74 Å². The van der Waals surface area contributed by atoms with Crippen LogP contribution in [0.2, 0.25) is 0 Å². The molecule has 0 aromatic heterocycles. The third-order valence-electron chi connectivity index (χ3n) is 4.93. The van der Waals surface area contributed by atoms with Crippen molar-refractivity contribution < 1.29 is 22.7 Å². The number of carbonyl (C=O) groups is 2. The predicted molar refractivity (Wildman–Crippen MR) is 122 cm³/mol. The van der Waals surface area contributed by atoms with Gasteiger partial charge in [-0.2, -0.15) is 5.26 Å². The van der Waals surface area contributed by atoms with E-state index in [0.29, 0.717) is 42.9 Å². The van der Waals surface area contributed by atoms with Gasteiger partial charge in [0.15, 0.2) is 6.61 Å². The molecule has 0 atom stereocenters. The monoisotopic (exact) mass is 468 g/mol. The number of hydrogen-bond donors (Lipinski definition) is 1. The summed E-state index contributed by atoms with van der Waals surface area (Å²) >= 11 is 0. The van der Waals surface area contributed by atoms with Crippen molar-refractivity contribution in [3.8, 4) is 6.07 Å². The Bertz CT molecular complexity index is 1170. The van der Waals surface area contributed by atoms with Gasteiger partial charge in [0.05, 0.1) is 11.0 Å². The number of para-hydroxylation sites is 1. The number of carbonyl (C=O) groups excluding carboxylic acids is 2. The molecule has 0 radical (unpaired) electrons. The number of unbranched alkanes of at least 4 members (excludes halogenated alkanes) is 2. The minimum Gasteiger partial charge on any atom is -0.456 e. The molecular formula is C23H24N4O5S.